The summed E-state index contributed by atoms with van der Waals surface area (Å²) in [4.78, 5) is 0. The molecule has 0 aliphatic heterocycles. The van der Waals surface area contributed by atoms with Crippen LogP contribution < -0.4 is 5.32 Å². The van der Waals surface area contributed by atoms with Gasteiger partial charge in [0.15, 0.2) is 0 Å². The summed E-state index contributed by atoms with van der Waals surface area (Å²) in [7, 11) is 0. The first-order valence-electron chi connectivity index (χ1n) is 5.56. The summed E-state index contributed by atoms with van der Waals surface area (Å²) in [5, 5.41) is 7.68. The number of aromatic nitrogens is 2. The topological polar surface area (TPSA) is 43.0 Å². The molecule has 0 fully saturated rings. The van der Waals surface area contributed by atoms with E-state index in [1.807, 2.05) is 16.9 Å². The molecule has 1 atom stereocenters. The maximum absolute atomic E-state index is 5.02. The Kier molecular flexibility index (Phi) is 3.41. The molecule has 1 unspecified atom stereocenters. The van der Waals surface area contributed by atoms with Crippen LogP contribution in [0.1, 0.15) is 31.0 Å². The van der Waals surface area contributed by atoms with E-state index in [4.69, 9.17) is 4.42 Å². The van der Waals surface area contributed by atoms with Crippen LogP contribution in [0, 0.1) is 0 Å². The summed E-state index contributed by atoms with van der Waals surface area (Å²) in [6.45, 7) is 5.95. The number of nitrogens with one attached hydrogen (secondary N) is 1. The third-order valence-corrected chi connectivity index (χ3v) is 2.67. The van der Waals surface area contributed by atoms with Crippen molar-refractivity contribution < 1.29 is 4.42 Å². The molecule has 0 saturated carbocycles. The molecule has 2 heterocycles. The standard InChI is InChI=1S/C12H17N3O/c1-3-15-8-12(7-14-15)10(2)13-6-11-4-5-16-9-11/h4-5,7-10,13H,3,6H2,1-2H3. The van der Waals surface area contributed by atoms with Crippen molar-refractivity contribution in [2.24, 2.45) is 0 Å². The summed E-state index contributed by atoms with van der Waals surface area (Å²) in [6, 6.07) is 2.27. The van der Waals surface area contributed by atoms with Gasteiger partial charge < -0.3 is 9.73 Å². The van der Waals surface area contributed by atoms with Crippen LogP contribution in [0.2, 0.25) is 0 Å². The van der Waals surface area contributed by atoms with Crippen LogP contribution in [-0.2, 0) is 13.1 Å². The van der Waals surface area contributed by atoms with Gasteiger partial charge in [0, 0.05) is 36.5 Å². The van der Waals surface area contributed by atoms with Gasteiger partial charge in [0.2, 0.25) is 0 Å². The molecule has 2 aromatic heterocycles. The first-order valence-corrected chi connectivity index (χ1v) is 5.56. The Balaban J connectivity index is 1.90. The molecule has 0 aliphatic carbocycles. The zero-order chi connectivity index (χ0) is 11.4. The zero-order valence-corrected chi connectivity index (χ0v) is 9.68. The summed E-state index contributed by atoms with van der Waals surface area (Å²) in [5.74, 6) is 0. The molecule has 1 N–H and O–H groups in total. The molecule has 16 heavy (non-hydrogen) atoms. The van der Waals surface area contributed by atoms with E-state index in [0.717, 1.165) is 18.7 Å². The predicted octanol–water partition coefficient (Wildman–Crippen LogP) is 2.35. The van der Waals surface area contributed by atoms with Gasteiger partial charge in [0.1, 0.15) is 0 Å². The van der Waals surface area contributed by atoms with E-state index >= 15 is 0 Å². The fraction of sp³-hybridized carbons (Fsp3) is 0.417. The highest BCUT2D eigenvalue weighted by Gasteiger charge is 2.07. The van der Waals surface area contributed by atoms with E-state index in [1.54, 1.807) is 12.5 Å². The van der Waals surface area contributed by atoms with Crippen molar-refractivity contribution in [2.45, 2.75) is 33.0 Å². The molecule has 4 heteroatoms. The summed E-state index contributed by atoms with van der Waals surface area (Å²) in [6.07, 6.45) is 7.44. The second-order valence-electron chi connectivity index (χ2n) is 3.86. The quantitative estimate of drug-likeness (QED) is 0.839. The molecule has 0 spiro atoms. The second kappa shape index (κ2) is 4.99. The minimum atomic E-state index is 0.301. The van der Waals surface area contributed by atoms with Crippen LogP contribution in [0.25, 0.3) is 0 Å². The maximum atomic E-state index is 5.02. The molecular weight excluding hydrogens is 202 g/mol. The van der Waals surface area contributed by atoms with Crippen LogP contribution in [0.4, 0.5) is 0 Å². The van der Waals surface area contributed by atoms with Gasteiger partial charge in [-0.3, -0.25) is 4.68 Å². The van der Waals surface area contributed by atoms with E-state index in [1.165, 1.54) is 5.56 Å². The smallest absolute Gasteiger partial charge is 0.0947 e. The third kappa shape index (κ3) is 2.52. The maximum Gasteiger partial charge on any atom is 0.0947 e. The Bertz CT molecular complexity index is 419. The van der Waals surface area contributed by atoms with Crippen LogP contribution in [0.3, 0.4) is 0 Å². The van der Waals surface area contributed by atoms with Gasteiger partial charge in [-0.2, -0.15) is 5.10 Å². The van der Waals surface area contributed by atoms with E-state index in [2.05, 4.69) is 30.5 Å². The van der Waals surface area contributed by atoms with E-state index in [0.29, 0.717) is 6.04 Å². The third-order valence-electron chi connectivity index (χ3n) is 2.67. The van der Waals surface area contributed by atoms with Crippen molar-refractivity contribution >= 4 is 0 Å². The normalized spacial score (nSPS) is 12.9. The molecule has 0 aliphatic rings. The van der Waals surface area contributed by atoms with Crippen molar-refractivity contribution in [1.29, 1.82) is 0 Å². The van der Waals surface area contributed by atoms with Gasteiger partial charge >= 0.3 is 0 Å². The number of aryl methyl sites for hydroxylation is 1. The SMILES string of the molecule is CCn1cc(C(C)NCc2ccoc2)cn1. The first kappa shape index (κ1) is 11.0. The van der Waals surface area contributed by atoms with Gasteiger partial charge in [-0.25, -0.2) is 0 Å². The van der Waals surface area contributed by atoms with Crippen molar-refractivity contribution in [3.8, 4) is 0 Å². The minimum Gasteiger partial charge on any atom is -0.472 e. The molecule has 0 aromatic carbocycles. The average Bonchev–Trinajstić information content (AvgIpc) is 2.96. The predicted molar refractivity (Wildman–Crippen MR) is 61.9 cm³/mol. The highest BCUT2D eigenvalue weighted by molar-refractivity contribution is 5.11. The van der Waals surface area contributed by atoms with Gasteiger partial charge in [0.25, 0.3) is 0 Å². The van der Waals surface area contributed by atoms with E-state index < -0.39 is 0 Å². The Labute approximate surface area is 95.3 Å². The largest absolute Gasteiger partial charge is 0.472 e. The Morgan fingerprint density at radius 3 is 3.06 bits per heavy atom. The molecule has 4 nitrogen and oxygen atoms in total. The lowest BCUT2D eigenvalue weighted by molar-refractivity contribution is 0.546. The van der Waals surface area contributed by atoms with Gasteiger partial charge in [0.05, 0.1) is 18.7 Å². The van der Waals surface area contributed by atoms with Crippen LogP contribution in [-0.4, -0.2) is 9.78 Å². The Morgan fingerprint density at radius 1 is 1.56 bits per heavy atom. The number of furan rings is 1. The highest BCUT2D eigenvalue weighted by Crippen LogP contribution is 2.12. The lowest BCUT2D eigenvalue weighted by Gasteiger charge is -2.10. The number of hydrogen-bond donors (Lipinski definition) is 1. The molecule has 0 radical (unpaired) electrons. The number of nitrogens with zero attached hydrogens (tertiary/aromatic N) is 2. The molecule has 0 saturated heterocycles. The summed E-state index contributed by atoms with van der Waals surface area (Å²) < 4.78 is 6.95. The van der Waals surface area contributed by atoms with Gasteiger partial charge in [-0.1, -0.05) is 0 Å². The average molecular weight is 219 g/mol. The highest BCUT2D eigenvalue weighted by atomic mass is 16.3. The van der Waals surface area contributed by atoms with Crippen molar-refractivity contribution in [3.05, 3.63) is 42.1 Å². The molecule has 2 rings (SSSR count). The van der Waals surface area contributed by atoms with Crippen molar-refractivity contribution in [1.82, 2.24) is 15.1 Å². The Morgan fingerprint density at radius 2 is 2.44 bits per heavy atom. The van der Waals surface area contributed by atoms with Gasteiger partial charge in [-0.15, -0.1) is 0 Å². The van der Waals surface area contributed by atoms with Crippen molar-refractivity contribution in [2.75, 3.05) is 0 Å². The lowest BCUT2D eigenvalue weighted by Crippen LogP contribution is -2.17. The number of hydrogen-bond acceptors (Lipinski definition) is 3. The molecule has 86 valence electrons. The molecule has 0 bridgehead atoms. The zero-order valence-electron chi connectivity index (χ0n) is 9.68. The molecular formula is C12H17N3O. The minimum absolute atomic E-state index is 0.301. The molecule has 0 amide bonds. The van der Waals surface area contributed by atoms with Gasteiger partial charge in [-0.05, 0) is 19.9 Å². The summed E-state index contributed by atoms with van der Waals surface area (Å²) >= 11 is 0. The van der Waals surface area contributed by atoms with Crippen molar-refractivity contribution in [3.63, 3.8) is 0 Å². The summed E-state index contributed by atoms with van der Waals surface area (Å²) in [5.41, 5.74) is 2.38. The molecule has 2 aromatic rings. The van der Waals surface area contributed by atoms with Crippen LogP contribution >= 0.6 is 0 Å². The van der Waals surface area contributed by atoms with Crippen LogP contribution in [0.15, 0.2) is 35.4 Å². The van der Waals surface area contributed by atoms with E-state index in [9.17, 15) is 0 Å². The second-order valence-corrected chi connectivity index (χ2v) is 3.86. The fourth-order valence-corrected chi connectivity index (χ4v) is 1.56. The lowest BCUT2D eigenvalue weighted by atomic mass is 10.2. The monoisotopic (exact) mass is 219 g/mol. The van der Waals surface area contributed by atoms with Crippen LogP contribution in [0.5, 0.6) is 0 Å². The fourth-order valence-electron chi connectivity index (χ4n) is 1.56. The Hall–Kier alpha value is -1.55. The number of rotatable bonds is 5. The first-order chi connectivity index (χ1) is 7.79. The van der Waals surface area contributed by atoms with E-state index in [-0.39, 0.29) is 0 Å².